The van der Waals surface area contributed by atoms with Gasteiger partial charge in [-0.2, -0.15) is 0 Å². The van der Waals surface area contributed by atoms with Crippen LogP contribution in [0.2, 0.25) is 5.02 Å². The fourth-order valence-corrected chi connectivity index (χ4v) is 5.24. The molecule has 0 radical (unpaired) electrons. The molecule has 0 spiro atoms. The van der Waals surface area contributed by atoms with E-state index in [0.717, 1.165) is 18.7 Å². The summed E-state index contributed by atoms with van der Waals surface area (Å²) in [6, 6.07) is 15.5. The van der Waals surface area contributed by atoms with Crippen molar-refractivity contribution in [3.63, 3.8) is 0 Å². The molecule has 1 heterocycles. The van der Waals surface area contributed by atoms with Crippen molar-refractivity contribution in [2.45, 2.75) is 30.3 Å². The number of hydrogen-bond donors (Lipinski definition) is 1. The average Bonchev–Trinajstić information content (AvgIpc) is 2.96. The van der Waals surface area contributed by atoms with Gasteiger partial charge in [0.1, 0.15) is 0 Å². The Bertz CT molecular complexity index is 840. The number of halogens is 1. The Morgan fingerprint density at radius 3 is 2.52 bits per heavy atom. The van der Waals surface area contributed by atoms with Gasteiger partial charge in [0.05, 0.1) is 15.7 Å². The van der Waals surface area contributed by atoms with E-state index in [2.05, 4.69) is 17.0 Å². The van der Waals surface area contributed by atoms with Crippen molar-refractivity contribution in [1.29, 1.82) is 0 Å². The second kappa shape index (κ2) is 7.46. The van der Waals surface area contributed by atoms with Crippen LogP contribution in [0.4, 0.5) is 0 Å². The number of rotatable bonds is 5. The molecule has 25 heavy (non-hydrogen) atoms. The van der Waals surface area contributed by atoms with Gasteiger partial charge in [-0.1, -0.05) is 61.0 Å². The molecule has 1 aliphatic rings. The third kappa shape index (κ3) is 3.90. The lowest BCUT2D eigenvalue weighted by Gasteiger charge is -2.19. The van der Waals surface area contributed by atoms with Crippen LogP contribution in [0.25, 0.3) is 0 Å². The highest BCUT2D eigenvalue weighted by atomic mass is 35.5. The molecular weight excluding hydrogens is 356 g/mol. The highest BCUT2D eigenvalue weighted by molar-refractivity contribution is 7.91. The standard InChI is InChI=1S/C19H23ClN2O2S/c1-2-25(23,24)19-15(9-6-10-17(19)20)11-22-12-16(18(21)13-22)14-7-4-3-5-8-14/h3-10,16,18H,2,11-13,21H2,1H3/t16-,18+/m0/s1. The van der Waals surface area contributed by atoms with Crippen LogP contribution in [0, 0.1) is 0 Å². The summed E-state index contributed by atoms with van der Waals surface area (Å²) in [5.41, 5.74) is 8.32. The molecule has 2 aromatic carbocycles. The number of sulfone groups is 1. The summed E-state index contributed by atoms with van der Waals surface area (Å²) in [6.07, 6.45) is 0. The minimum atomic E-state index is -3.37. The molecule has 0 aromatic heterocycles. The van der Waals surface area contributed by atoms with Gasteiger partial charge in [-0.3, -0.25) is 4.90 Å². The van der Waals surface area contributed by atoms with Crippen molar-refractivity contribution < 1.29 is 8.42 Å². The molecule has 0 unspecified atom stereocenters. The van der Waals surface area contributed by atoms with Crippen molar-refractivity contribution >= 4 is 21.4 Å². The first-order valence-corrected chi connectivity index (χ1v) is 10.5. The number of likely N-dealkylation sites (tertiary alicyclic amines) is 1. The van der Waals surface area contributed by atoms with Crippen LogP contribution in [-0.4, -0.2) is 38.2 Å². The Morgan fingerprint density at radius 1 is 1.12 bits per heavy atom. The predicted molar refractivity (Wildman–Crippen MR) is 102 cm³/mol. The maximum absolute atomic E-state index is 12.4. The van der Waals surface area contributed by atoms with Crippen molar-refractivity contribution in [3.05, 3.63) is 64.7 Å². The molecule has 4 nitrogen and oxygen atoms in total. The molecule has 0 saturated carbocycles. The largest absolute Gasteiger partial charge is 0.326 e. The van der Waals surface area contributed by atoms with Crippen LogP contribution in [0.1, 0.15) is 24.0 Å². The lowest BCUT2D eigenvalue weighted by molar-refractivity contribution is 0.321. The monoisotopic (exact) mass is 378 g/mol. The van der Waals surface area contributed by atoms with E-state index in [1.54, 1.807) is 19.1 Å². The molecule has 1 saturated heterocycles. The van der Waals surface area contributed by atoms with Gasteiger partial charge < -0.3 is 5.73 Å². The van der Waals surface area contributed by atoms with E-state index in [-0.39, 0.29) is 22.6 Å². The summed E-state index contributed by atoms with van der Waals surface area (Å²) in [4.78, 5) is 2.47. The van der Waals surface area contributed by atoms with E-state index in [0.29, 0.717) is 11.6 Å². The zero-order valence-corrected chi connectivity index (χ0v) is 15.8. The Labute approximate surface area is 154 Å². The third-order valence-electron chi connectivity index (χ3n) is 4.80. The minimum Gasteiger partial charge on any atom is -0.326 e. The molecule has 2 atom stereocenters. The number of nitrogens with zero attached hydrogens (tertiary/aromatic N) is 1. The number of benzene rings is 2. The Balaban J connectivity index is 1.84. The van der Waals surface area contributed by atoms with Crippen LogP contribution < -0.4 is 5.73 Å². The van der Waals surface area contributed by atoms with Crippen molar-refractivity contribution in [2.75, 3.05) is 18.8 Å². The lowest BCUT2D eigenvalue weighted by atomic mass is 9.95. The van der Waals surface area contributed by atoms with Crippen LogP contribution in [0.3, 0.4) is 0 Å². The minimum absolute atomic E-state index is 0.0350. The Hall–Kier alpha value is -1.40. The van der Waals surface area contributed by atoms with Crippen LogP contribution in [-0.2, 0) is 16.4 Å². The van der Waals surface area contributed by atoms with Crippen molar-refractivity contribution in [3.8, 4) is 0 Å². The highest BCUT2D eigenvalue weighted by Gasteiger charge is 2.32. The summed E-state index contributed by atoms with van der Waals surface area (Å²) in [7, 11) is -3.37. The first-order valence-electron chi connectivity index (χ1n) is 8.45. The van der Waals surface area contributed by atoms with Gasteiger partial charge in [0.2, 0.25) is 0 Å². The molecule has 2 N–H and O–H groups in total. The van der Waals surface area contributed by atoms with E-state index < -0.39 is 9.84 Å². The number of hydrogen-bond acceptors (Lipinski definition) is 4. The van der Waals surface area contributed by atoms with E-state index in [1.807, 2.05) is 24.3 Å². The Morgan fingerprint density at radius 2 is 1.84 bits per heavy atom. The summed E-state index contributed by atoms with van der Waals surface area (Å²) in [6.45, 7) is 3.72. The fraction of sp³-hybridized carbons (Fsp3) is 0.368. The molecule has 0 bridgehead atoms. The molecule has 0 aliphatic carbocycles. The van der Waals surface area contributed by atoms with Gasteiger partial charge in [0.15, 0.2) is 9.84 Å². The third-order valence-corrected chi connectivity index (χ3v) is 7.09. The maximum atomic E-state index is 12.4. The van der Waals surface area contributed by atoms with Crippen molar-refractivity contribution in [2.24, 2.45) is 5.73 Å². The topological polar surface area (TPSA) is 63.4 Å². The lowest BCUT2D eigenvalue weighted by Crippen LogP contribution is -2.28. The molecule has 2 aromatic rings. The fourth-order valence-electron chi connectivity index (χ4n) is 3.51. The van der Waals surface area contributed by atoms with Crippen LogP contribution >= 0.6 is 11.6 Å². The smallest absolute Gasteiger partial charge is 0.179 e. The van der Waals surface area contributed by atoms with E-state index >= 15 is 0 Å². The van der Waals surface area contributed by atoms with E-state index in [9.17, 15) is 8.42 Å². The first kappa shape index (κ1) is 18.4. The predicted octanol–water partition coefficient (Wildman–Crippen LogP) is 3.06. The maximum Gasteiger partial charge on any atom is 0.179 e. The van der Waals surface area contributed by atoms with Gasteiger partial charge in [-0.05, 0) is 17.2 Å². The van der Waals surface area contributed by atoms with Gasteiger partial charge >= 0.3 is 0 Å². The molecule has 6 heteroatoms. The summed E-state index contributed by atoms with van der Waals surface area (Å²) in [5.74, 6) is 0.294. The second-order valence-electron chi connectivity index (χ2n) is 6.51. The average molecular weight is 379 g/mol. The molecule has 134 valence electrons. The molecular formula is C19H23ClN2O2S. The van der Waals surface area contributed by atoms with Crippen LogP contribution in [0.15, 0.2) is 53.4 Å². The van der Waals surface area contributed by atoms with Gasteiger partial charge in [0, 0.05) is 31.6 Å². The van der Waals surface area contributed by atoms with Gasteiger partial charge in [-0.25, -0.2) is 8.42 Å². The van der Waals surface area contributed by atoms with E-state index in [4.69, 9.17) is 17.3 Å². The summed E-state index contributed by atoms with van der Waals surface area (Å²) >= 11 is 6.21. The van der Waals surface area contributed by atoms with Gasteiger partial charge in [0.25, 0.3) is 0 Å². The van der Waals surface area contributed by atoms with Crippen molar-refractivity contribution in [1.82, 2.24) is 4.90 Å². The SMILES string of the molecule is CCS(=O)(=O)c1c(Cl)cccc1CN1C[C@@H](N)[C@H](c2ccccc2)C1. The second-order valence-corrected chi connectivity index (χ2v) is 9.13. The quantitative estimate of drug-likeness (QED) is 0.868. The summed E-state index contributed by atoms with van der Waals surface area (Å²) < 4.78 is 24.9. The zero-order chi connectivity index (χ0) is 18.0. The highest BCUT2D eigenvalue weighted by Crippen LogP contribution is 2.31. The molecule has 0 amide bonds. The molecule has 1 aliphatic heterocycles. The zero-order valence-electron chi connectivity index (χ0n) is 14.2. The Kier molecular flexibility index (Phi) is 5.49. The van der Waals surface area contributed by atoms with Crippen LogP contribution in [0.5, 0.6) is 0 Å². The summed E-state index contributed by atoms with van der Waals surface area (Å²) in [5, 5.41) is 0.294. The first-order chi connectivity index (χ1) is 11.9. The molecule has 3 rings (SSSR count). The normalized spacial score (nSPS) is 21.6. The number of nitrogens with two attached hydrogens (primary N) is 1. The van der Waals surface area contributed by atoms with Gasteiger partial charge in [-0.15, -0.1) is 0 Å². The van der Waals surface area contributed by atoms with E-state index in [1.165, 1.54) is 5.56 Å². The molecule has 1 fully saturated rings.